The Labute approximate surface area is 149 Å². The van der Waals surface area contributed by atoms with E-state index in [1.165, 1.54) is 18.4 Å². The molecule has 0 saturated carbocycles. The van der Waals surface area contributed by atoms with Gasteiger partial charge in [-0.1, -0.05) is 6.92 Å². The van der Waals surface area contributed by atoms with Crippen LogP contribution in [0.4, 0.5) is 5.69 Å². The predicted molar refractivity (Wildman–Crippen MR) is 96.6 cm³/mol. The van der Waals surface area contributed by atoms with E-state index in [2.05, 4.69) is 15.0 Å². The van der Waals surface area contributed by atoms with Crippen LogP contribution in [0.15, 0.2) is 48.8 Å². The Bertz CT molecular complexity index is 883. The molecular weight excluding hydrogens is 338 g/mol. The molecule has 25 heavy (non-hydrogen) atoms. The van der Waals surface area contributed by atoms with Crippen LogP contribution in [0.1, 0.15) is 32.6 Å². The monoisotopic (exact) mass is 355 g/mol. The number of amides is 1. The average Bonchev–Trinajstić information content (AvgIpc) is 3.30. The van der Waals surface area contributed by atoms with Crippen molar-refractivity contribution in [2.45, 2.75) is 13.3 Å². The SMILES string of the molecule is CCc1sc(-n2cccc2)nc1C(=O)Nc1ccc(C(=O)OC)cc1. The van der Waals surface area contributed by atoms with Crippen molar-refractivity contribution in [2.24, 2.45) is 0 Å². The van der Waals surface area contributed by atoms with Crippen molar-refractivity contribution in [3.8, 4) is 5.13 Å². The fourth-order valence-corrected chi connectivity index (χ4v) is 3.29. The highest BCUT2D eigenvalue weighted by Gasteiger charge is 2.18. The standard InChI is InChI=1S/C18H17N3O3S/c1-3-14-15(20-18(25-14)21-10-4-5-11-21)16(22)19-13-8-6-12(7-9-13)17(23)24-2/h4-11H,3H2,1-2H3,(H,19,22). The second-order valence-corrected chi connectivity index (χ2v) is 6.30. The number of nitrogens with one attached hydrogen (secondary N) is 1. The van der Waals surface area contributed by atoms with E-state index in [9.17, 15) is 9.59 Å². The lowest BCUT2D eigenvalue weighted by Gasteiger charge is -2.05. The minimum atomic E-state index is -0.415. The summed E-state index contributed by atoms with van der Waals surface area (Å²) in [5, 5.41) is 3.58. The summed E-state index contributed by atoms with van der Waals surface area (Å²) in [5.74, 6) is -0.681. The van der Waals surface area contributed by atoms with Gasteiger partial charge in [-0.25, -0.2) is 9.78 Å². The van der Waals surface area contributed by atoms with Gasteiger partial charge in [0.1, 0.15) is 5.69 Å². The highest BCUT2D eigenvalue weighted by molar-refractivity contribution is 7.14. The second-order valence-electron chi connectivity index (χ2n) is 5.24. The summed E-state index contributed by atoms with van der Waals surface area (Å²) in [6.45, 7) is 1.99. The number of nitrogens with zero attached hydrogens (tertiary/aromatic N) is 2. The van der Waals surface area contributed by atoms with E-state index in [0.717, 1.165) is 16.4 Å². The Hall–Kier alpha value is -2.93. The van der Waals surface area contributed by atoms with Crippen molar-refractivity contribution in [3.63, 3.8) is 0 Å². The van der Waals surface area contributed by atoms with Crippen LogP contribution in [0.25, 0.3) is 5.13 Å². The Morgan fingerprint density at radius 1 is 1.20 bits per heavy atom. The summed E-state index contributed by atoms with van der Waals surface area (Å²) >= 11 is 1.50. The van der Waals surface area contributed by atoms with E-state index in [0.29, 0.717) is 16.9 Å². The summed E-state index contributed by atoms with van der Waals surface area (Å²) in [6.07, 6.45) is 4.51. The Kier molecular flexibility index (Phi) is 4.95. The number of aromatic nitrogens is 2. The third kappa shape index (κ3) is 3.61. The number of hydrogen-bond donors (Lipinski definition) is 1. The molecule has 0 fully saturated rings. The fraction of sp³-hybridized carbons (Fsp3) is 0.167. The molecule has 3 aromatic rings. The van der Waals surface area contributed by atoms with Crippen molar-refractivity contribution in [1.82, 2.24) is 9.55 Å². The molecule has 1 N–H and O–H groups in total. The van der Waals surface area contributed by atoms with Gasteiger partial charge in [0.05, 0.1) is 12.7 Å². The first kappa shape index (κ1) is 16.9. The molecule has 7 heteroatoms. The number of carbonyl (C=O) groups is 2. The van der Waals surface area contributed by atoms with Crippen molar-refractivity contribution in [1.29, 1.82) is 0 Å². The molecule has 2 aromatic heterocycles. The molecule has 128 valence electrons. The molecule has 0 spiro atoms. The van der Waals surface area contributed by atoms with E-state index in [1.807, 2.05) is 36.0 Å². The number of benzene rings is 1. The molecule has 3 rings (SSSR count). The topological polar surface area (TPSA) is 73.2 Å². The van der Waals surface area contributed by atoms with Crippen LogP contribution in [-0.2, 0) is 11.2 Å². The van der Waals surface area contributed by atoms with Crippen LogP contribution >= 0.6 is 11.3 Å². The maximum absolute atomic E-state index is 12.6. The van der Waals surface area contributed by atoms with Crippen molar-refractivity contribution in [2.75, 3.05) is 12.4 Å². The first-order chi connectivity index (χ1) is 12.1. The number of esters is 1. The van der Waals surface area contributed by atoms with Gasteiger partial charge in [-0.15, -0.1) is 11.3 Å². The van der Waals surface area contributed by atoms with E-state index in [-0.39, 0.29) is 5.91 Å². The third-order valence-electron chi connectivity index (χ3n) is 3.61. The quantitative estimate of drug-likeness (QED) is 0.711. The molecule has 0 aliphatic carbocycles. The van der Waals surface area contributed by atoms with Gasteiger partial charge in [0.2, 0.25) is 0 Å². The van der Waals surface area contributed by atoms with Gasteiger partial charge in [-0.05, 0) is 42.8 Å². The number of rotatable bonds is 5. The summed E-state index contributed by atoms with van der Waals surface area (Å²) in [7, 11) is 1.33. The van der Waals surface area contributed by atoms with Crippen LogP contribution in [0.2, 0.25) is 0 Å². The van der Waals surface area contributed by atoms with Gasteiger partial charge in [-0.3, -0.25) is 4.79 Å². The zero-order valence-electron chi connectivity index (χ0n) is 13.9. The molecule has 0 aliphatic heterocycles. The maximum atomic E-state index is 12.6. The lowest BCUT2D eigenvalue weighted by Crippen LogP contribution is -2.14. The van der Waals surface area contributed by atoms with Gasteiger partial charge in [0.25, 0.3) is 5.91 Å². The van der Waals surface area contributed by atoms with Crippen molar-refractivity contribution >= 4 is 28.9 Å². The Morgan fingerprint density at radius 2 is 1.88 bits per heavy atom. The molecule has 1 amide bonds. The highest BCUT2D eigenvalue weighted by atomic mass is 32.1. The first-order valence-corrected chi connectivity index (χ1v) is 8.56. The van der Waals surface area contributed by atoms with E-state index in [4.69, 9.17) is 0 Å². The van der Waals surface area contributed by atoms with Crippen LogP contribution in [0.5, 0.6) is 0 Å². The molecular formula is C18H17N3O3S. The van der Waals surface area contributed by atoms with Gasteiger partial charge in [0.15, 0.2) is 5.13 Å². The Morgan fingerprint density at radius 3 is 2.48 bits per heavy atom. The van der Waals surface area contributed by atoms with Crippen LogP contribution in [-0.4, -0.2) is 28.5 Å². The van der Waals surface area contributed by atoms with E-state index >= 15 is 0 Å². The largest absolute Gasteiger partial charge is 0.465 e. The normalized spacial score (nSPS) is 10.5. The molecule has 1 aromatic carbocycles. The lowest BCUT2D eigenvalue weighted by molar-refractivity contribution is 0.0600. The number of ether oxygens (including phenoxy) is 1. The number of anilines is 1. The molecule has 6 nitrogen and oxygen atoms in total. The van der Waals surface area contributed by atoms with Crippen LogP contribution in [0, 0.1) is 0 Å². The van der Waals surface area contributed by atoms with Gasteiger partial charge in [0, 0.05) is 23.0 Å². The third-order valence-corrected chi connectivity index (χ3v) is 4.82. The molecule has 0 unspecified atom stereocenters. The van der Waals surface area contributed by atoms with Crippen LogP contribution in [0.3, 0.4) is 0 Å². The zero-order valence-corrected chi connectivity index (χ0v) is 14.7. The smallest absolute Gasteiger partial charge is 0.337 e. The number of thiazole rings is 1. The van der Waals surface area contributed by atoms with Gasteiger partial charge < -0.3 is 14.6 Å². The number of aryl methyl sites for hydroxylation is 1. The Balaban J connectivity index is 1.80. The molecule has 0 radical (unpaired) electrons. The molecule has 0 saturated heterocycles. The summed E-state index contributed by atoms with van der Waals surface area (Å²) in [5.41, 5.74) is 1.45. The fourth-order valence-electron chi connectivity index (χ4n) is 2.33. The highest BCUT2D eigenvalue weighted by Crippen LogP contribution is 2.24. The second kappa shape index (κ2) is 7.31. The zero-order chi connectivity index (χ0) is 17.8. The number of hydrogen-bond acceptors (Lipinski definition) is 5. The minimum Gasteiger partial charge on any atom is -0.465 e. The molecule has 0 bridgehead atoms. The van der Waals surface area contributed by atoms with Crippen molar-refractivity contribution < 1.29 is 14.3 Å². The first-order valence-electron chi connectivity index (χ1n) is 7.75. The molecule has 0 aliphatic rings. The number of carbonyl (C=O) groups excluding carboxylic acids is 2. The summed E-state index contributed by atoms with van der Waals surface area (Å²) < 4.78 is 6.54. The predicted octanol–water partition coefficient (Wildman–Crippen LogP) is 3.54. The van der Waals surface area contributed by atoms with E-state index < -0.39 is 5.97 Å². The molecule has 0 atom stereocenters. The van der Waals surface area contributed by atoms with Crippen molar-refractivity contribution in [3.05, 3.63) is 64.9 Å². The average molecular weight is 355 g/mol. The summed E-state index contributed by atoms with van der Waals surface area (Å²) in [4.78, 5) is 29.4. The minimum absolute atomic E-state index is 0.266. The van der Waals surface area contributed by atoms with Gasteiger partial charge in [-0.2, -0.15) is 0 Å². The molecule has 2 heterocycles. The number of methoxy groups -OCH3 is 1. The maximum Gasteiger partial charge on any atom is 0.337 e. The van der Waals surface area contributed by atoms with Gasteiger partial charge >= 0.3 is 5.97 Å². The van der Waals surface area contributed by atoms with E-state index in [1.54, 1.807) is 24.3 Å². The lowest BCUT2D eigenvalue weighted by atomic mass is 10.2. The summed E-state index contributed by atoms with van der Waals surface area (Å²) in [6, 6.07) is 10.4. The van der Waals surface area contributed by atoms with Crippen LogP contribution < -0.4 is 5.32 Å².